The number of esters is 1. The SMILES string of the molecule is CC(C)(C)C(CC(=O)O)NC(=O)[C@@H](N)CC(=O)OCc1ccccc1. The zero-order chi connectivity index (χ0) is 19.0. The lowest BCUT2D eigenvalue weighted by Crippen LogP contribution is -2.51. The van der Waals surface area contributed by atoms with Crippen LogP contribution in [-0.2, 0) is 25.7 Å². The van der Waals surface area contributed by atoms with Crippen LogP contribution in [0.5, 0.6) is 0 Å². The van der Waals surface area contributed by atoms with Gasteiger partial charge in [0, 0.05) is 6.04 Å². The van der Waals surface area contributed by atoms with Gasteiger partial charge in [0.1, 0.15) is 6.61 Å². The van der Waals surface area contributed by atoms with Gasteiger partial charge in [-0.2, -0.15) is 0 Å². The number of ether oxygens (including phenoxy) is 1. The normalized spacial score (nSPS) is 13.6. The van der Waals surface area contributed by atoms with Gasteiger partial charge in [-0.3, -0.25) is 14.4 Å². The predicted octanol–water partition coefficient (Wildman–Crippen LogP) is 1.45. The molecule has 1 amide bonds. The average Bonchev–Trinajstić information content (AvgIpc) is 2.52. The van der Waals surface area contributed by atoms with Gasteiger partial charge in [-0.05, 0) is 11.0 Å². The third kappa shape index (κ3) is 7.80. The first-order chi connectivity index (χ1) is 11.6. The molecular weight excluding hydrogens is 324 g/mol. The number of carbonyl (C=O) groups excluding carboxylic acids is 2. The van der Waals surface area contributed by atoms with E-state index in [0.29, 0.717) is 0 Å². The highest BCUT2D eigenvalue weighted by molar-refractivity contribution is 5.87. The third-order valence-corrected chi connectivity index (χ3v) is 3.71. The van der Waals surface area contributed by atoms with Gasteiger partial charge in [0.2, 0.25) is 5.91 Å². The van der Waals surface area contributed by atoms with E-state index in [1.165, 1.54) is 0 Å². The van der Waals surface area contributed by atoms with E-state index in [2.05, 4.69) is 5.32 Å². The molecule has 0 spiro atoms. The van der Waals surface area contributed by atoms with Gasteiger partial charge < -0.3 is 20.9 Å². The molecule has 0 aromatic heterocycles. The highest BCUT2D eigenvalue weighted by Gasteiger charge is 2.30. The van der Waals surface area contributed by atoms with Crippen LogP contribution in [0, 0.1) is 5.41 Å². The molecule has 7 heteroatoms. The number of carboxylic acids is 1. The first-order valence-corrected chi connectivity index (χ1v) is 8.07. The summed E-state index contributed by atoms with van der Waals surface area (Å²) >= 11 is 0. The summed E-state index contributed by atoms with van der Waals surface area (Å²) in [5, 5.41) is 11.6. The fourth-order valence-electron chi connectivity index (χ4n) is 2.10. The molecule has 1 aromatic carbocycles. The highest BCUT2D eigenvalue weighted by Crippen LogP contribution is 2.22. The summed E-state index contributed by atoms with van der Waals surface area (Å²) in [4.78, 5) is 34.9. The Hall–Kier alpha value is -2.41. The summed E-state index contributed by atoms with van der Waals surface area (Å²) in [5.74, 6) is -2.18. The second-order valence-corrected chi connectivity index (χ2v) is 6.98. The van der Waals surface area contributed by atoms with Gasteiger partial charge in [0.15, 0.2) is 0 Å². The van der Waals surface area contributed by atoms with Gasteiger partial charge in [-0.1, -0.05) is 51.1 Å². The molecule has 4 N–H and O–H groups in total. The molecule has 0 fully saturated rings. The Morgan fingerprint density at radius 1 is 1.16 bits per heavy atom. The first kappa shape index (κ1) is 20.6. The monoisotopic (exact) mass is 350 g/mol. The van der Waals surface area contributed by atoms with Crippen molar-refractivity contribution in [1.82, 2.24) is 5.32 Å². The molecule has 1 rings (SSSR count). The second kappa shape index (κ2) is 9.17. The Morgan fingerprint density at radius 2 is 1.76 bits per heavy atom. The maximum atomic E-state index is 12.2. The summed E-state index contributed by atoms with van der Waals surface area (Å²) in [6, 6.07) is 7.47. The van der Waals surface area contributed by atoms with Crippen molar-refractivity contribution >= 4 is 17.8 Å². The van der Waals surface area contributed by atoms with Crippen LogP contribution in [0.1, 0.15) is 39.2 Å². The topological polar surface area (TPSA) is 119 Å². The average molecular weight is 350 g/mol. The molecule has 1 aromatic rings. The van der Waals surface area contributed by atoms with Crippen LogP contribution in [0.15, 0.2) is 30.3 Å². The zero-order valence-corrected chi connectivity index (χ0v) is 14.8. The van der Waals surface area contributed by atoms with Crippen molar-refractivity contribution in [3.63, 3.8) is 0 Å². The molecule has 0 saturated heterocycles. The molecule has 0 aliphatic heterocycles. The predicted molar refractivity (Wildman–Crippen MR) is 92.5 cm³/mol. The van der Waals surface area contributed by atoms with Crippen molar-refractivity contribution in [3.8, 4) is 0 Å². The Morgan fingerprint density at radius 3 is 2.28 bits per heavy atom. The number of rotatable bonds is 8. The maximum Gasteiger partial charge on any atom is 0.308 e. The third-order valence-electron chi connectivity index (χ3n) is 3.71. The largest absolute Gasteiger partial charge is 0.481 e. The number of carbonyl (C=O) groups is 3. The number of aliphatic carboxylic acids is 1. The number of nitrogens with one attached hydrogen (secondary N) is 1. The Labute approximate surface area is 147 Å². The van der Waals surface area contributed by atoms with Crippen molar-refractivity contribution in [2.45, 2.75) is 52.3 Å². The summed E-state index contributed by atoms with van der Waals surface area (Å²) in [5.41, 5.74) is 6.13. The Balaban J connectivity index is 2.51. The lowest BCUT2D eigenvalue weighted by Gasteiger charge is -2.31. The molecule has 25 heavy (non-hydrogen) atoms. The van der Waals surface area contributed by atoms with E-state index in [-0.39, 0.29) is 19.4 Å². The number of nitrogens with two attached hydrogens (primary N) is 1. The van der Waals surface area contributed by atoms with E-state index < -0.39 is 35.3 Å². The lowest BCUT2D eigenvalue weighted by atomic mass is 9.84. The molecule has 0 saturated carbocycles. The highest BCUT2D eigenvalue weighted by atomic mass is 16.5. The summed E-state index contributed by atoms with van der Waals surface area (Å²) in [6.07, 6.45) is -0.497. The van der Waals surface area contributed by atoms with E-state index in [0.717, 1.165) is 5.56 Å². The van der Waals surface area contributed by atoms with Crippen LogP contribution in [-0.4, -0.2) is 35.0 Å². The van der Waals surface area contributed by atoms with E-state index in [1.54, 1.807) is 0 Å². The lowest BCUT2D eigenvalue weighted by molar-refractivity contribution is -0.147. The summed E-state index contributed by atoms with van der Waals surface area (Å²) in [6.45, 7) is 5.57. The number of carboxylic acid groups (broad SMARTS) is 1. The van der Waals surface area contributed by atoms with Crippen LogP contribution in [0.2, 0.25) is 0 Å². The molecule has 7 nitrogen and oxygen atoms in total. The fourth-order valence-corrected chi connectivity index (χ4v) is 2.10. The van der Waals surface area contributed by atoms with Crippen molar-refractivity contribution in [1.29, 1.82) is 0 Å². The standard InChI is InChI=1S/C18H26N2O5/c1-18(2,3)14(10-15(21)22)20-17(24)13(19)9-16(23)25-11-12-7-5-4-6-8-12/h4-8,13-14H,9-11,19H2,1-3H3,(H,20,24)(H,21,22)/t13-,14?/m0/s1. The quantitative estimate of drug-likeness (QED) is 0.611. The van der Waals surface area contributed by atoms with Gasteiger partial charge >= 0.3 is 11.9 Å². The minimum absolute atomic E-state index is 0.109. The number of amides is 1. The minimum Gasteiger partial charge on any atom is -0.481 e. The van der Waals surface area contributed by atoms with Crippen LogP contribution in [0.3, 0.4) is 0 Å². The molecular formula is C18H26N2O5. The van der Waals surface area contributed by atoms with E-state index in [4.69, 9.17) is 15.6 Å². The van der Waals surface area contributed by atoms with Crippen molar-refractivity contribution in [2.24, 2.45) is 11.1 Å². The molecule has 1 unspecified atom stereocenters. The molecule has 0 radical (unpaired) electrons. The van der Waals surface area contributed by atoms with Crippen molar-refractivity contribution < 1.29 is 24.2 Å². The number of hydrogen-bond acceptors (Lipinski definition) is 5. The van der Waals surface area contributed by atoms with Gasteiger partial charge in [0.25, 0.3) is 0 Å². The molecule has 0 bridgehead atoms. The van der Waals surface area contributed by atoms with Gasteiger partial charge in [0.05, 0.1) is 18.9 Å². The van der Waals surface area contributed by atoms with Crippen LogP contribution in [0.4, 0.5) is 0 Å². The van der Waals surface area contributed by atoms with Crippen LogP contribution in [0.25, 0.3) is 0 Å². The summed E-state index contributed by atoms with van der Waals surface area (Å²) < 4.78 is 5.09. The molecule has 0 heterocycles. The molecule has 138 valence electrons. The Kier molecular flexibility index (Phi) is 7.57. The van der Waals surface area contributed by atoms with Gasteiger partial charge in [-0.25, -0.2) is 0 Å². The van der Waals surface area contributed by atoms with Crippen molar-refractivity contribution in [2.75, 3.05) is 0 Å². The zero-order valence-electron chi connectivity index (χ0n) is 14.8. The fraction of sp³-hybridized carbons (Fsp3) is 0.500. The van der Waals surface area contributed by atoms with Crippen molar-refractivity contribution in [3.05, 3.63) is 35.9 Å². The smallest absolute Gasteiger partial charge is 0.308 e. The second-order valence-electron chi connectivity index (χ2n) is 6.98. The Bertz CT molecular complexity index is 595. The van der Waals surface area contributed by atoms with E-state index in [9.17, 15) is 14.4 Å². The molecule has 0 aliphatic rings. The van der Waals surface area contributed by atoms with E-state index in [1.807, 2.05) is 51.1 Å². The maximum absolute atomic E-state index is 12.2. The molecule has 0 aliphatic carbocycles. The van der Waals surface area contributed by atoms with Gasteiger partial charge in [-0.15, -0.1) is 0 Å². The number of benzene rings is 1. The van der Waals surface area contributed by atoms with Crippen LogP contribution >= 0.6 is 0 Å². The van der Waals surface area contributed by atoms with E-state index >= 15 is 0 Å². The number of hydrogen-bond donors (Lipinski definition) is 3. The molecule has 2 atom stereocenters. The summed E-state index contributed by atoms with van der Waals surface area (Å²) in [7, 11) is 0. The minimum atomic E-state index is -1.10. The first-order valence-electron chi connectivity index (χ1n) is 8.07. The van der Waals surface area contributed by atoms with Crippen LogP contribution < -0.4 is 11.1 Å².